The quantitative estimate of drug-likeness (QED) is 0.729. The Bertz CT molecular complexity index is 292. The zero-order chi connectivity index (χ0) is 10.1. The van der Waals surface area contributed by atoms with Gasteiger partial charge < -0.3 is 0 Å². The predicted octanol–water partition coefficient (Wildman–Crippen LogP) is 4.29. The van der Waals surface area contributed by atoms with E-state index in [0.717, 1.165) is 10.0 Å². The molecule has 0 nitrogen and oxygen atoms in total. The van der Waals surface area contributed by atoms with Crippen LogP contribution in [0.25, 0.3) is 0 Å². The van der Waals surface area contributed by atoms with Gasteiger partial charge in [0.05, 0.1) is 0 Å². The van der Waals surface area contributed by atoms with Crippen molar-refractivity contribution in [2.45, 2.75) is 26.4 Å². The van der Waals surface area contributed by atoms with Gasteiger partial charge >= 0.3 is 0 Å². The van der Waals surface area contributed by atoms with Gasteiger partial charge in [0.25, 0.3) is 0 Å². The van der Waals surface area contributed by atoms with Crippen molar-refractivity contribution in [2.75, 3.05) is 0 Å². The molecule has 0 N–H and O–H groups in total. The fraction of sp³-hybridized carbons (Fsp3) is 0.455. The number of hydrogen-bond donors (Lipinski definition) is 0. The maximum atomic E-state index is 14.2. The average molecular weight is 245 g/mol. The minimum atomic E-state index is -1.26. The van der Waals surface area contributed by atoms with Gasteiger partial charge in [-0.25, -0.2) is 4.39 Å². The van der Waals surface area contributed by atoms with E-state index in [-0.39, 0.29) is 5.92 Å². The van der Waals surface area contributed by atoms with Crippen LogP contribution in [0, 0.1) is 5.92 Å². The summed E-state index contributed by atoms with van der Waals surface area (Å²) in [6.07, 6.45) is 0. The number of alkyl halides is 1. The summed E-state index contributed by atoms with van der Waals surface area (Å²) in [5.41, 5.74) is -0.537. The highest BCUT2D eigenvalue weighted by Gasteiger charge is 2.31. The molecule has 1 aromatic carbocycles. The van der Waals surface area contributed by atoms with Crippen molar-refractivity contribution >= 4 is 15.9 Å². The summed E-state index contributed by atoms with van der Waals surface area (Å²) in [5, 5.41) is 0. The van der Waals surface area contributed by atoms with Crippen LogP contribution >= 0.6 is 15.9 Å². The topological polar surface area (TPSA) is 0 Å². The van der Waals surface area contributed by atoms with Crippen LogP contribution < -0.4 is 0 Å². The Labute approximate surface area is 87.3 Å². The van der Waals surface area contributed by atoms with E-state index < -0.39 is 5.67 Å². The maximum absolute atomic E-state index is 14.2. The van der Waals surface area contributed by atoms with Crippen LogP contribution in [-0.4, -0.2) is 0 Å². The van der Waals surface area contributed by atoms with E-state index in [1.807, 2.05) is 38.1 Å². The Kier molecular flexibility index (Phi) is 3.12. The van der Waals surface area contributed by atoms with Crippen molar-refractivity contribution in [3.63, 3.8) is 0 Å². The van der Waals surface area contributed by atoms with Gasteiger partial charge in [-0.3, -0.25) is 0 Å². The zero-order valence-corrected chi connectivity index (χ0v) is 9.73. The van der Waals surface area contributed by atoms with Crippen molar-refractivity contribution in [3.8, 4) is 0 Å². The molecule has 1 atom stereocenters. The Morgan fingerprint density at radius 3 is 2.31 bits per heavy atom. The molecule has 1 unspecified atom stereocenters. The van der Waals surface area contributed by atoms with Crippen LogP contribution in [0.15, 0.2) is 28.7 Å². The Morgan fingerprint density at radius 1 is 1.31 bits per heavy atom. The van der Waals surface area contributed by atoms with Crippen molar-refractivity contribution in [1.82, 2.24) is 0 Å². The molecule has 13 heavy (non-hydrogen) atoms. The van der Waals surface area contributed by atoms with Gasteiger partial charge in [-0.05, 0) is 18.9 Å². The lowest BCUT2D eigenvalue weighted by molar-refractivity contribution is 0.122. The first-order valence-corrected chi connectivity index (χ1v) is 5.19. The Balaban J connectivity index is 3.14. The molecule has 0 aromatic heterocycles. The van der Waals surface area contributed by atoms with Gasteiger partial charge in [-0.1, -0.05) is 48.0 Å². The third-order valence-electron chi connectivity index (χ3n) is 2.48. The van der Waals surface area contributed by atoms with E-state index in [1.54, 1.807) is 6.92 Å². The second kappa shape index (κ2) is 3.79. The minimum absolute atomic E-state index is 0.0220. The summed E-state index contributed by atoms with van der Waals surface area (Å²) in [4.78, 5) is 0. The van der Waals surface area contributed by atoms with Crippen molar-refractivity contribution in [2.24, 2.45) is 5.92 Å². The summed E-state index contributed by atoms with van der Waals surface area (Å²) in [5.74, 6) is -0.0220. The third-order valence-corrected chi connectivity index (χ3v) is 3.18. The molecule has 0 aliphatic heterocycles. The highest BCUT2D eigenvalue weighted by Crippen LogP contribution is 2.37. The molecule has 0 saturated heterocycles. The Morgan fingerprint density at radius 2 is 1.85 bits per heavy atom. The predicted molar refractivity (Wildman–Crippen MR) is 57.4 cm³/mol. The first kappa shape index (κ1) is 10.7. The second-order valence-electron chi connectivity index (χ2n) is 3.71. The van der Waals surface area contributed by atoms with Crippen LogP contribution in [0.1, 0.15) is 26.3 Å². The van der Waals surface area contributed by atoms with Gasteiger partial charge in [0.15, 0.2) is 0 Å². The Hall–Kier alpha value is -0.370. The normalized spacial score (nSPS) is 15.8. The van der Waals surface area contributed by atoms with E-state index >= 15 is 0 Å². The molecule has 0 bridgehead atoms. The summed E-state index contributed by atoms with van der Waals surface area (Å²) >= 11 is 3.36. The molecule has 72 valence electrons. The van der Waals surface area contributed by atoms with E-state index in [2.05, 4.69) is 15.9 Å². The summed E-state index contributed by atoms with van der Waals surface area (Å²) in [6.45, 7) is 5.40. The minimum Gasteiger partial charge on any atom is -0.239 e. The van der Waals surface area contributed by atoms with Crippen LogP contribution in [0.3, 0.4) is 0 Å². The largest absolute Gasteiger partial charge is 0.239 e. The lowest BCUT2D eigenvalue weighted by Crippen LogP contribution is -2.23. The molecular weight excluding hydrogens is 231 g/mol. The molecule has 2 heteroatoms. The van der Waals surface area contributed by atoms with E-state index in [0.29, 0.717) is 0 Å². The molecular formula is C11H14BrF. The van der Waals surface area contributed by atoms with Crippen LogP contribution in [0.5, 0.6) is 0 Å². The lowest BCUT2D eigenvalue weighted by Gasteiger charge is -2.26. The molecule has 0 fully saturated rings. The van der Waals surface area contributed by atoms with Gasteiger partial charge in [0.1, 0.15) is 5.67 Å². The number of hydrogen-bond acceptors (Lipinski definition) is 0. The number of benzene rings is 1. The highest BCUT2D eigenvalue weighted by atomic mass is 79.9. The van der Waals surface area contributed by atoms with Crippen molar-refractivity contribution < 1.29 is 4.39 Å². The first-order chi connectivity index (χ1) is 5.96. The van der Waals surface area contributed by atoms with Crippen LogP contribution in [0.2, 0.25) is 0 Å². The molecule has 0 heterocycles. The van der Waals surface area contributed by atoms with Gasteiger partial charge in [-0.15, -0.1) is 0 Å². The number of halogens is 2. The van der Waals surface area contributed by atoms with E-state index in [9.17, 15) is 4.39 Å². The fourth-order valence-electron chi connectivity index (χ4n) is 1.17. The standard InChI is InChI=1S/C11H14BrF/c1-8(2)11(3,13)9-6-4-5-7-10(9)12/h4-8H,1-3H3. The van der Waals surface area contributed by atoms with Crippen LogP contribution in [-0.2, 0) is 5.67 Å². The fourth-order valence-corrected chi connectivity index (χ4v) is 1.84. The van der Waals surface area contributed by atoms with Gasteiger partial charge in [0, 0.05) is 10.0 Å². The molecule has 0 saturated carbocycles. The van der Waals surface area contributed by atoms with E-state index in [1.165, 1.54) is 0 Å². The molecule has 0 radical (unpaired) electrons. The van der Waals surface area contributed by atoms with Crippen LogP contribution in [0.4, 0.5) is 4.39 Å². The van der Waals surface area contributed by atoms with E-state index in [4.69, 9.17) is 0 Å². The second-order valence-corrected chi connectivity index (χ2v) is 4.56. The monoisotopic (exact) mass is 244 g/mol. The highest BCUT2D eigenvalue weighted by molar-refractivity contribution is 9.10. The SMILES string of the molecule is CC(C)C(C)(F)c1ccccc1Br. The third kappa shape index (κ3) is 2.11. The first-order valence-electron chi connectivity index (χ1n) is 4.40. The molecule has 1 aromatic rings. The maximum Gasteiger partial charge on any atom is 0.136 e. The van der Waals surface area contributed by atoms with Gasteiger partial charge in [0.2, 0.25) is 0 Å². The molecule has 0 aliphatic carbocycles. The molecule has 0 aliphatic rings. The zero-order valence-electron chi connectivity index (χ0n) is 8.14. The smallest absolute Gasteiger partial charge is 0.136 e. The summed E-state index contributed by atoms with van der Waals surface area (Å²) < 4.78 is 15.0. The lowest BCUT2D eigenvalue weighted by atomic mass is 9.87. The van der Waals surface area contributed by atoms with Crippen molar-refractivity contribution in [1.29, 1.82) is 0 Å². The average Bonchev–Trinajstić information content (AvgIpc) is 2.04. The summed E-state index contributed by atoms with van der Waals surface area (Å²) in [6, 6.07) is 7.45. The number of rotatable bonds is 2. The van der Waals surface area contributed by atoms with Crippen molar-refractivity contribution in [3.05, 3.63) is 34.3 Å². The van der Waals surface area contributed by atoms with Gasteiger partial charge in [-0.2, -0.15) is 0 Å². The molecule has 1 rings (SSSR count). The molecule has 0 spiro atoms. The molecule has 0 amide bonds. The summed E-state index contributed by atoms with van der Waals surface area (Å²) in [7, 11) is 0.